The van der Waals surface area contributed by atoms with Gasteiger partial charge in [-0.3, -0.25) is 4.79 Å². The van der Waals surface area contributed by atoms with Crippen molar-refractivity contribution in [3.05, 3.63) is 99.0 Å². The van der Waals surface area contributed by atoms with Crippen LogP contribution in [0.25, 0.3) is 0 Å². The number of carbonyl (C=O) groups excluding carboxylic acids is 1. The largest absolute Gasteiger partial charge is 0.361 e. The second-order valence-corrected chi connectivity index (χ2v) is 7.39. The zero-order valence-corrected chi connectivity index (χ0v) is 16.3. The molecule has 1 atom stereocenters. The molecule has 1 N–H and O–H groups in total. The smallest absolute Gasteiger partial charge is 0.256 e. The molecule has 1 amide bonds. The van der Waals surface area contributed by atoms with Gasteiger partial charge in [-0.25, -0.2) is 0 Å². The van der Waals surface area contributed by atoms with Crippen LogP contribution in [-0.4, -0.2) is 10.8 Å². The van der Waals surface area contributed by atoms with Crippen LogP contribution in [0.15, 0.2) is 66.7 Å². The fraction of sp³-hybridized carbons (Fsp3) is 0.136. The van der Waals surface area contributed by atoms with E-state index in [0.717, 1.165) is 22.4 Å². The van der Waals surface area contributed by atoms with Gasteiger partial charge in [0.1, 0.15) is 6.17 Å². The molecule has 0 radical (unpaired) electrons. The van der Waals surface area contributed by atoms with E-state index in [1.165, 1.54) is 0 Å². The molecule has 3 nitrogen and oxygen atoms in total. The van der Waals surface area contributed by atoms with Crippen molar-refractivity contribution in [2.24, 2.45) is 0 Å². The quantitative estimate of drug-likeness (QED) is 0.580. The highest BCUT2D eigenvalue weighted by molar-refractivity contribution is 6.31. The van der Waals surface area contributed by atoms with Gasteiger partial charge in [-0.1, -0.05) is 65.7 Å². The Bertz CT molecular complexity index is 1020. The molecule has 1 aliphatic rings. The maximum atomic E-state index is 13.1. The highest BCUT2D eigenvalue weighted by Gasteiger charge is 2.36. The predicted octanol–water partition coefficient (Wildman–Crippen LogP) is 6.07. The van der Waals surface area contributed by atoms with Crippen LogP contribution < -0.4 is 5.32 Å². The molecule has 1 aliphatic heterocycles. The fourth-order valence-corrected chi connectivity index (χ4v) is 3.78. The molecule has 0 aromatic heterocycles. The van der Waals surface area contributed by atoms with E-state index in [4.69, 9.17) is 23.2 Å². The van der Waals surface area contributed by atoms with Gasteiger partial charge in [0, 0.05) is 33.4 Å². The molecule has 0 spiro atoms. The van der Waals surface area contributed by atoms with Crippen LogP contribution in [-0.2, 0) is 6.54 Å². The number of fused-ring (bicyclic) bond motifs is 1. The molecule has 3 aromatic carbocycles. The first-order chi connectivity index (χ1) is 13.1. The summed E-state index contributed by atoms with van der Waals surface area (Å²) in [7, 11) is 0. The van der Waals surface area contributed by atoms with Crippen LogP contribution in [0.2, 0.25) is 10.0 Å². The van der Waals surface area contributed by atoms with Crippen LogP contribution in [0.4, 0.5) is 5.69 Å². The maximum Gasteiger partial charge on any atom is 0.256 e. The molecule has 4 rings (SSSR count). The molecule has 5 heteroatoms. The Morgan fingerprint density at radius 2 is 1.63 bits per heavy atom. The average Bonchev–Trinajstić information content (AvgIpc) is 2.93. The lowest BCUT2D eigenvalue weighted by atomic mass is 10.1. The number of halogens is 2. The number of rotatable bonds is 4. The summed E-state index contributed by atoms with van der Waals surface area (Å²) in [6.07, 6.45) is -0.290. The van der Waals surface area contributed by atoms with E-state index in [1.54, 1.807) is 0 Å². The van der Waals surface area contributed by atoms with Crippen molar-refractivity contribution in [3.8, 4) is 0 Å². The lowest BCUT2D eigenvalue weighted by Crippen LogP contribution is -2.32. The molecule has 0 fully saturated rings. The first-order valence-corrected chi connectivity index (χ1v) is 9.47. The van der Waals surface area contributed by atoms with Gasteiger partial charge in [0.15, 0.2) is 0 Å². The molecule has 3 aromatic rings. The van der Waals surface area contributed by atoms with Crippen molar-refractivity contribution in [3.63, 3.8) is 0 Å². The van der Waals surface area contributed by atoms with Crippen molar-refractivity contribution in [1.29, 1.82) is 0 Å². The summed E-state index contributed by atoms with van der Waals surface area (Å²) < 4.78 is 0. The summed E-state index contributed by atoms with van der Waals surface area (Å²) in [6.45, 7) is 2.39. The van der Waals surface area contributed by atoms with E-state index in [2.05, 4.69) is 5.32 Å². The van der Waals surface area contributed by atoms with Crippen molar-refractivity contribution < 1.29 is 4.79 Å². The van der Waals surface area contributed by atoms with E-state index in [9.17, 15) is 4.79 Å². The molecule has 0 unspecified atom stereocenters. The van der Waals surface area contributed by atoms with Gasteiger partial charge < -0.3 is 10.2 Å². The zero-order valence-electron chi connectivity index (χ0n) is 14.7. The van der Waals surface area contributed by atoms with E-state index in [-0.39, 0.29) is 12.1 Å². The Balaban J connectivity index is 1.74. The molecule has 0 saturated carbocycles. The van der Waals surface area contributed by atoms with Crippen LogP contribution in [0.5, 0.6) is 0 Å². The predicted molar refractivity (Wildman–Crippen MR) is 110 cm³/mol. The van der Waals surface area contributed by atoms with Crippen molar-refractivity contribution >= 4 is 34.8 Å². The number of hydrogen-bond donors (Lipinski definition) is 1. The summed E-state index contributed by atoms with van der Waals surface area (Å²) in [6, 6.07) is 21.0. The van der Waals surface area contributed by atoms with Crippen molar-refractivity contribution in [1.82, 2.24) is 4.90 Å². The minimum absolute atomic E-state index is 0.0114. The highest BCUT2D eigenvalue weighted by atomic mass is 35.5. The number of nitrogens with zero attached hydrogens (tertiary/aromatic N) is 1. The molecule has 27 heavy (non-hydrogen) atoms. The molecular weight excluding hydrogens is 379 g/mol. The summed E-state index contributed by atoms with van der Waals surface area (Å²) in [4.78, 5) is 14.9. The Hall–Kier alpha value is -2.49. The molecule has 136 valence electrons. The molecular formula is C22H18Cl2N2O. The first kappa shape index (κ1) is 17.9. The number of anilines is 1. The topological polar surface area (TPSA) is 32.3 Å². The maximum absolute atomic E-state index is 13.1. The highest BCUT2D eigenvalue weighted by Crippen LogP contribution is 2.37. The lowest BCUT2D eigenvalue weighted by molar-refractivity contribution is 0.0729. The second kappa shape index (κ2) is 7.26. The average molecular weight is 397 g/mol. The van der Waals surface area contributed by atoms with E-state index < -0.39 is 0 Å². The molecule has 0 aliphatic carbocycles. The Morgan fingerprint density at radius 1 is 0.926 bits per heavy atom. The molecule has 1 heterocycles. The Morgan fingerprint density at radius 3 is 2.44 bits per heavy atom. The first-order valence-electron chi connectivity index (χ1n) is 8.71. The van der Waals surface area contributed by atoms with Gasteiger partial charge in [0.05, 0.1) is 0 Å². The van der Waals surface area contributed by atoms with Gasteiger partial charge in [-0.2, -0.15) is 0 Å². The monoisotopic (exact) mass is 396 g/mol. The third-order valence-corrected chi connectivity index (χ3v) is 5.69. The summed E-state index contributed by atoms with van der Waals surface area (Å²) in [5.41, 5.74) is 4.43. The number of carbonyl (C=O) groups is 1. The van der Waals surface area contributed by atoms with Crippen molar-refractivity contribution in [2.45, 2.75) is 19.6 Å². The number of benzene rings is 3. The summed E-state index contributed by atoms with van der Waals surface area (Å²) in [5.74, 6) is -0.0114. The number of nitrogens with one attached hydrogen (secondary N) is 1. The van der Waals surface area contributed by atoms with Crippen LogP contribution in [0, 0.1) is 6.92 Å². The zero-order chi connectivity index (χ0) is 19.0. The van der Waals surface area contributed by atoms with E-state index in [0.29, 0.717) is 22.2 Å². The van der Waals surface area contributed by atoms with Gasteiger partial charge in [0.2, 0.25) is 0 Å². The summed E-state index contributed by atoms with van der Waals surface area (Å²) >= 11 is 12.6. The SMILES string of the molecule is Cc1c(Cl)cccc1N[C@H]1c2ccccc2C(=O)N1Cc1ccccc1Cl. The van der Waals surface area contributed by atoms with E-state index >= 15 is 0 Å². The Labute approximate surface area is 168 Å². The van der Waals surface area contributed by atoms with Gasteiger partial charge in [0.25, 0.3) is 5.91 Å². The van der Waals surface area contributed by atoms with Gasteiger partial charge >= 0.3 is 0 Å². The minimum atomic E-state index is -0.290. The lowest BCUT2D eigenvalue weighted by Gasteiger charge is -2.28. The van der Waals surface area contributed by atoms with Crippen molar-refractivity contribution in [2.75, 3.05) is 5.32 Å². The molecule has 0 bridgehead atoms. The van der Waals surface area contributed by atoms with Gasteiger partial charge in [-0.15, -0.1) is 0 Å². The van der Waals surface area contributed by atoms with Crippen LogP contribution in [0.1, 0.15) is 33.2 Å². The standard InChI is InChI=1S/C22H18Cl2N2O/c1-14-18(23)11-6-12-20(14)25-21-16-8-3-4-9-17(16)22(27)26(21)13-15-7-2-5-10-19(15)24/h2-12,21,25H,13H2,1H3/t21-/m1/s1. The fourth-order valence-electron chi connectivity index (χ4n) is 3.41. The third kappa shape index (κ3) is 3.29. The normalized spacial score (nSPS) is 15.7. The van der Waals surface area contributed by atoms with Crippen LogP contribution >= 0.6 is 23.2 Å². The third-order valence-electron chi connectivity index (χ3n) is 4.92. The van der Waals surface area contributed by atoms with Gasteiger partial charge in [-0.05, 0) is 42.3 Å². The minimum Gasteiger partial charge on any atom is -0.361 e. The number of hydrogen-bond acceptors (Lipinski definition) is 2. The molecule has 0 saturated heterocycles. The van der Waals surface area contributed by atoms with E-state index in [1.807, 2.05) is 78.6 Å². The van der Waals surface area contributed by atoms with Crippen LogP contribution in [0.3, 0.4) is 0 Å². The second-order valence-electron chi connectivity index (χ2n) is 6.57. The summed E-state index contributed by atoms with van der Waals surface area (Å²) in [5, 5.41) is 4.85. The number of amides is 1. The Kier molecular flexibility index (Phi) is 4.81.